The van der Waals surface area contributed by atoms with Crippen molar-refractivity contribution in [2.45, 2.75) is 32.4 Å². The fraction of sp³-hybridized carbons (Fsp3) is 0.400. The first kappa shape index (κ1) is 17.5. The summed E-state index contributed by atoms with van der Waals surface area (Å²) in [6.45, 7) is 3.16. The van der Waals surface area contributed by atoms with Crippen LogP contribution in [0.1, 0.15) is 24.4 Å². The highest BCUT2D eigenvalue weighted by molar-refractivity contribution is 5.86. The fourth-order valence-electron chi connectivity index (χ4n) is 2.25. The molecule has 2 aromatic rings. The minimum absolute atomic E-state index is 0.170. The Hall–Kier alpha value is -2.84. The Bertz CT molecular complexity index is 733. The molecule has 24 heavy (non-hydrogen) atoms. The lowest BCUT2D eigenvalue weighted by atomic mass is 10.0. The number of amides is 1. The Kier molecular flexibility index (Phi) is 5.56. The second-order valence-corrected chi connectivity index (χ2v) is 5.27. The van der Waals surface area contributed by atoms with Gasteiger partial charge in [-0.1, -0.05) is 12.1 Å². The quantitative estimate of drug-likeness (QED) is 0.776. The van der Waals surface area contributed by atoms with Gasteiger partial charge in [0, 0.05) is 6.42 Å². The van der Waals surface area contributed by atoms with E-state index in [-0.39, 0.29) is 6.42 Å². The molecule has 0 aliphatic rings. The summed E-state index contributed by atoms with van der Waals surface area (Å²) in [6.07, 6.45) is 0.170. The van der Waals surface area contributed by atoms with Crippen LogP contribution in [0.2, 0.25) is 0 Å². The number of tetrazole rings is 1. The lowest BCUT2D eigenvalue weighted by Gasteiger charge is -2.19. The van der Waals surface area contributed by atoms with Crippen LogP contribution in [0.25, 0.3) is 0 Å². The minimum Gasteiger partial charge on any atom is -0.467 e. The third-order valence-electron chi connectivity index (χ3n) is 3.49. The molecule has 0 aliphatic heterocycles. The summed E-state index contributed by atoms with van der Waals surface area (Å²) in [6, 6.07) is 4.27. The van der Waals surface area contributed by atoms with Crippen molar-refractivity contribution < 1.29 is 18.7 Å². The van der Waals surface area contributed by atoms with Crippen molar-refractivity contribution in [2.75, 3.05) is 7.11 Å². The first-order chi connectivity index (χ1) is 11.4. The first-order valence-corrected chi connectivity index (χ1v) is 7.29. The number of esters is 1. The van der Waals surface area contributed by atoms with Gasteiger partial charge in [0.2, 0.25) is 5.91 Å². The molecular formula is C15H18FN5O3. The van der Waals surface area contributed by atoms with Crippen LogP contribution in [0, 0.1) is 12.7 Å². The average molecular weight is 335 g/mol. The van der Waals surface area contributed by atoms with Gasteiger partial charge >= 0.3 is 5.97 Å². The van der Waals surface area contributed by atoms with Gasteiger partial charge in [0.15, 0.2) is 0 Å². The molecule has 0 bridgehead atoms. The van der Waals surface area contributed by atoms with Crippen molar-refractivity contribution in [2.24, 2.45) is 0 Å². The van der Waals surface area contributed by atoms with Crippen LogP contribution in [0.5, 0.6) is 0 Å². The fourth-order valence-corrected chi connectivity index (χ4v) is 2.25. The molecule has 1 aromatic heterocycles. The maximum atomic E-state index is 13.4. The molecule has 2 atom stereocenters. The molecular weight excluding hydrogens is 317 g/mol. The normalized spacial score (nSPS) is 13.2. The summed E-state index contributed by atoms with van der Waals surface area (Å²) in [4.78, 5) is 24.1. The number of aryl methyl sites for hydroxylation is 1. The van der Waals surface area contributed by atoms with E-state index in [1.807, 2.05) is 0 Å². The Balaban J connectivity index is 2.25. The second kappa shape index (κ2) is 7.62. The number of carbonyl (C=O) groups is 2. The van der Waals surface area contributed by atoms with E-state index < -0.39 is 29.8 Å². The zero-order valence-corrected chi connectivity index (χ0v) is 13.6. The van der Waals surface area contributed by atoms with E-state index in [1.54, 1.807) is 19.1 Å². The van der Waals surface area contributed by atoms with Crippen LogP contribution >= 0.6 is 0 Å². The van der Waals surface area contributed by atoms with Crippen molar-refractivity contribution in [1.29, 1.82) is 0 Å². The van der Waals surface area contributed by atoms with Crippen molar-refractivity contribution >= 4 is 11.9 Å². The SMILES string of the molecule is COC(=O)[C@H](C)NC(=O)C(Cc1cccc(F)c1)n1nnnc1C. The number of nitrogens with zero attached hydrogens (tertiary/aromatic N) is 4. The lowest BCUT2D eigenvalue weighted by Crippen LogP contribution is -2.43. The van der Waals surface area contributed by atoms with E-state index >= 15 is 0 Å². The summed E-state index contributed by atoms with van der Waals surface area (Å²) in [5, 5.41) is 13.7. The molecule has 2 rings (SSSR count). The van der Waals surface area contributed by atoms with Gasteiger partial charge in [-0.25, -0.2) is 13.9 Å². The molecule has 0 saturated carbocycles. The predicted molar refractivity (Wildman–Crippen MR) is 81.3 cm³/mol. The molecule has 0 radical (unpaired) electrons. The van der Waals surface area contributed by atoms with Gasteiger partial charge < -0.3 is 10.1 Å². The van der Waals surface area contributed by atoms with Gasteiger partial charge in [0.1, 0.15) is 23.7 Å². The number of methoxy groups -OCH3 is 1. The standard InChI is InChI=1S/C15H18FN5O3/c1-9(15(23)24-3)17-14(22)13(21-10(2)18-19-20-21)8-11-5-4-6-12(16)7-11/h4-7,9,13H,8H2,1-3H3,(H,17,22)/t9-,13?/m0/s1. The molecule has 1 unspecified atom stereocenters. The molecule has 0 fully saturated rings. The van der Waals surface area contributed by atoms with Gasteiger partial charge in [0.05, 0.1) is 7.11 Å². The Labute approximate surface area is 138 Å². The smallest absolute Gasteiger partial charge is 0.328 e. The van der Waals surface area contributed by atoms with Crippen LogP contribution in [0.3, 0.4) is 0 Å². The minimum atomic E-state index is -0.825. The van der Waals surface area contributed by atoms with E-state index in [2.05, 4.69) is 25.6 Å². The summed E-state index contributed by atoms with van der Waals surface area (Å²) < 4.78 is 19.3. The molecule has 1 N–H and O–H groups in total. The number of halogens is 1. The van der Waals surface area contributed by atoms with Gasteiger partial charge in [-0.2, -0.15) is 0 Å². The predicted octanol–water partition coefficient (Wildman–Crippen LogP) is 0.582. The number of rotatable bonds is 6. The monoisotopic (exact) mass is 335 g/mol. The number of aromatic nitrogens is 4. The van der Waals surface area contributed by atoms with Crippen LogP contribution < -0.4 is 5.32 Å². The summed E-state index contributed by atoms with van der Waals surface area (Å²) in [5.41, 5.74) is 0.607. The third kappa shape index (κ3) is 4.12. The van der Waals surface area contributed by atoms with Crippen molar-refractivity contribution in [1.82, 2.24) is 25.5 Å². The van der Waals surface area contributed by atoms with Crippen LogP contribution in [0.4, 0.5) is 4.39 Å². The van der Waals surface area contributed by atoms with Crippen LogP contribution in [-0.4, -0.2) is 45.2 Å². The zero-order valence-electron chi connectivity index (χ0n) is 13.6. The van der Waals surface area contributed by atoms with Crippen molar-refractivity contribution in [3.8, 4) is 0 Å². The number of hydrogen-bond donors (Lipinski definition) is 1. The Morgan fingerprint density at radius 3 is 2.75 bits per heavy atom. The largest absolute Gasteiger partial charge is 0.467 e. The molecule has 9 heteroatoms. The lowest BCUT2D eigenvalue weighted by molar-refractivity contribution is -0.145. The van der Waals surface area contributed by atoms with Crippen molar-refractivity contribution in [3.05, 3.63) is 41.5 Å². The van der Waals surface area contributed by atoms with E-state index in [1.165, 1.54) is 30.8 Å². The van der Waals surface area contributed by atoms with Gasteiger partial charge in [-0.05, 0) is 42.0 Å². The van der Waals surface area contributed by atoms with Crippen molar-refractivity contribution in [3.63, 3.8) is 0 Å². The molecule has 1 amide bonds. The van der Waals surface area contributed by atoms with Crippen LogP contribution in [-0.2, 0) is 20.7 Å². The molecule has 1 heterocycles. The Morgan fingerprint density at radius 2 is 2.17 bits per heavy atom. The van der Waals surface area contributed by atoms with E-state index in [0.717, 1.165) is 0 Å². The average Bonchev–Trinajstić information content (AvgIpc) is 2.97. The summed E-state index contributed by atoms with van der Waals surface area (Å²) in [7, 11) is 1.24. The number of ether oxygens (including phenoxy) is 1. The molecule has 0 saturated heterocycles. The van der Waals surface area contributed by atoms with E-state index in [4.69, 9.17) is 0 Å². The second-order valence-electron chi connectivity index (χ2n) is 5.27. The maximum absolute atomic E-state index is 13.4. The molecule has 0 spiro atoms. The topological polar surface area (TPSA) is 99.0 Å². The third-order valence-corrected chi connectivity index (χ3v) is 3.49. The summed E-state index contributed by atoms with van der Waals surface area (Å²) >= 11 is 0. The van der Waals surface area contributed by atoms with E-state index in [0.29, 0.717) is 11.4 Å². The number of hydrogen-bond acceptors (Lipinski definition) is 6. The highest BCUT2D eigenvalue weighted by Crippen LogP contribution is 2.16. The van der Waals surface area contributed by atoms with Gasteiger partial charge in [-0.15, -0.1) is 5.10 Å². The Morgan fingerprint density at radius 1 is 1.42 bits per heavy atom. The summed E-state index contributed by atoms with van der Waals surface area (Å²) in [5.74, 6) is -1.01. The number of nitrogens with one attached hydrogen (secondary N) is 1. The maximum Gasteiger partial charge on any atom is 0.328 e. The van der Waals surface area contributed by atoms with Crippen LogP contribution in [0.15, 0.2) is 24.3 Å². The zero-order chi connectivity index (χ0) is 17.7. The van der Waals surface area contributed by atoms with Gasteiger partial charge in [-0.3, -0.25) is 4.79 Å². The molecule has 1 aromatic carbocycles. The van der Waals surface area contributed by atoms with Gasteiger partial charge in [0.25, 0.3) is 0 Å². The van der Waals surface area contributed by atoms with E-state index in [9.17, 15) is 14.0 Å². The number of carbonyl (C=O) groups excluding carboxylic acids is 2. The highest BCUT2D eigenvalue weighted by atomic mass is 19.1. The highest BCUT2D eigenvalue weighted by Gasteiger charge is 2.27. The number of benzene rings is 1. The first-order valence-electron chi connectivity index (χ1n) is 7.29. The molecule has 128 valence electrons. The molecule has 8 nitrogen and oxygen atoms in total. The molecule has 0 aliphatic carbocycles.